The zero-order valence-corrected chi connectivity index (χ0v) is 15.4. The van der Waals surface area contributed by atoms with Gasteiger partial charge in [-0.15, -0.1) is 0 Å². The molecule has 0 saturated heterocycles. The lowest BCUT2D eigenvalue weighted by atomic mass is 10.0. The van der Waals surface area contributed by atoms with E-state index in [2.05, 4.69) is 6.92 Å². The average molecular weight is 394 g/mol. The smallest absolute Gasteiger partial charge is 0.310 e. The van der Waals surface area contributed by atoms with Crippen LogP contribution in [0.3, 0.4) is 0 Å². The van der Waals surface area contributed by atoms with Gasteiger partial charge in [0, 0.05) is 0 Å². The fraction of sp³-hybridized carbons (Fsp3) is 0.368. The molecule has 0 amide bonds. The van der Waals surface area contributed by atoms with E-state index in [4.69, 9.17) is 4.74 Å². The van der Waals surface area contributed by atoms with E-state index in [0.717, 1.165) is 30.5 Å². The van der Waals surface area contributed by atoms with Gasteiger partial charge in [-0.1, -0.05) is 69.9 Å². The SMILES string of the molecule is CCCCCCc1ccc(COc2ccc(S(F)(F)(F)(F)F)cc2)cc1. The number of aryl methyl sites for hydroxylation is 1. The zero-order valence-electron chi connectivity index (χ0n) is 14.6. The van der Waals surface area contributed by atoms with Crippen LogP contribution in [0.2, 0.25) is 0 Å². The predicted octanol–water partition coefficient (Wildman–Crippen LogP) is 8.05. The Labute approximate surface area is 150 Å². The summed E-state index contributed by atoms with van der Waals surface area (Å²) in [6.07, 6.45) is 5.78. The second-order valence-corrected chi connectivity index (χ2v) is 8.77. The Hall–Kier alpha value is -1.76. The first-order valence-corrected chi connectivity index (χ1v) is 10.5. The molecular formula is C19H23F5OS. The lowest BCUT2D eigenvalue weighted by Crippen LogP contribution is -2.05. The minimum absolute atomic E-state index is 0.110. The van der Waals surface area contributed by atoms with E-state index in [0.29, 0.717) is 12.1 Å². The highest BCUT2D eigenvalue weighted by molar-refractivity contribution is 8.45. The lowest BCUT2D eigenvalue weighted by molar-refractivity contribution is 0.305. The van der Waals surface area contributed by atoms with Crippen LogP contribution in [-0.2, 0) is 13.0 Å². The second-order valence-electron chi connectivity index (χ2n) is 6.36. The monoisotopic (exact) mass is 394 g/mol. The zero-order chi connectivity index (χ0) is 19.3. The van der Waals surface area contributed by atoms with Crippen LogP contribution in [-0.4, -0.2) is 0 Å². The molecule has 0 unspecified atom stereocenters. The Balaban J connectivity index is 1.89. The number of ether oxygens (including phenoxy) is 1. The van der Waals surface area contributed by atoms with Crippen LogP contribution in [0.4, 0.5) is 19.4 Å². The number of halogens is 5. The van der Waals surface area contributed by atoms with Crippen molar-refractivity contribution in [2.45, 2.75) is 50.5 Å². The van der Waals surface area contributed by atoms with Crippen LogP contribution < -0.4 is 4.74 Å². The molecule has 0 atom stereocenters. The van der Waals surface area contributed by atoms with Crippen molar-refractivity contribution < 1.29 is 24.2 Å². The Bertz CT molecular complexity index is 709. The van der Waals surface area contributed by atoms with Gasteiger partial charge in [0.2, 0.25) is 0 Å². The topological polar surface area (TPSA) is 9.23 Å². The van der Waals surface area contributed by atoms with Gasteiger partial charge in [0.1, 0.15) is 17.3 Å². The molecule has 2 aromatic rings. The summed E-state index contributed by atoms with van der Waals surface area (Å²) in [6, 6.07) is 10.3. The molecule has 0 aromatic heterocycles. The predicted molar refractivity (Wildman–Crippen MR) is 96.5 cm³/mol. The van der Waals surface area contributed by atoms with E-state index in [9.17, 15) is 19.4 Å². The molecule has 0 spiro atoms. The average Bonchev–Trinajstić information content (AvgIpc) is 2.56. The molecule has 2 aromatic carbocycles. The van der Waals surface area contributed by atoms with Crippen molar-refractivity contribution >= 4 is 10.2 Å². The van der Waals surface area contributed by atoms with Crippen LogP contribution in [0.25, 0.3) is 0 Å². The van der Waals surface area contributed by atoms with Crippen molar-refractivity contribution in [3.05, 3.63) is 59.7 Å². The van der Waals surface area contributed by atoms with Crippen molar-refractivity contribution in [3.8, 4) is 5.75 Å². The largest absolute Gasteiger partial charge is 0.489 e. The Morgan fingerprint density at radius 2 is 1.31 bits per heavy atom. The molecule has 0 N–H and O–H groups in total. The molecule has 0 aliphatic heterocycles. The van der Waals surface area contributed by atoms with E-state index >= 15 is 0 Å². The third kappa shape index (κ3) is 6.52. The molecule has 0 aliphatic rings. The van der Waals surface area contributed by atoms with E-state index < -0.39 is 15.1 Å². The number of hydrogen-bond donors (Lipinski definition) is 0. The van der Waals surface area contributed by atoms with Gasteiger partial charge in [-0.25, -0.2) is 0 Å². The maximum absolute atomic E-state index is 12.7. The van der Waals surface area contributed by atoms with Gasteiger partial charge in [0.25, 0.3) is 0 Å². The van der Waals surface area contributed by atoms with Gasteiger partial charge in [0.05, 0.1) is 0 Å². The highest BCUT2D eigenvalue weighted by Crippen LogP contribution is 3.02. The highest BCUT2D eigenvalue weighted by Gasteiger charge is 2.65. The van der Waals surface area contributed by atoms with Gasteiger partial charge in [0.15, 0.2) is 0 Å². The first-order chi connectivity index (χ1) is 12.0. The first-order valence-electron chi connectivity index (χ1n) is 8.53. The van der Waals surface area contributed by atoms with E-state index in [1.54, 1.807) is 0 Å². The number of rotatable bonds is 9. The molecule has 0 bridgehead atoms. The number of unbranched alkanes of at least 4 members (excludes halogenated alkanes) is 3. The summed E-state index contributed by atoms with van der Waals surface area (Å²) in [7, 11) is -9.63. The van der Waals surface area contributed by atoms with Crippen LogP contribution in [0.5, 0.6) is 5.75 Å². The summed E-state index contributed by atoms with van der Waals surface area (Å²) < 4.78 is 68.7. The number of hydrogen-bond acceptors (Lipinski definition) is 1. The summed E-state index contributed by atoms with van der Waals surface area (Å²) in [5, 5.41) is 0. The molecular weight excluding hydrogens is 371 g/mol. The van der Waals surface area contributed by atoms with E-state index in [1.807, 2.05) is 24.3 Å². The van der Waals surface area contributed by atoms with E-state index in [1.165, 1.54) is 24.8 Å². The molecule has 26 heavy (non-hydrogen) atoms. The maximum Gasteiger partial charge on any atom is 0.310 e. The maximum atomic E-state index is 12.7. The molecule has 0 fully saturated rings. The standard InChI is InChI=1S/C19H23F5OS/c1-2-3-4-5-6-16-7-9-17(10-8-16)15-25-18-11-13-19(14-12-18)26(20,21,22,23)24/h7-14H,2-6,15H2,1H3. The Morgan fingerprint density at radius 1 is 0.731 bits per heavy atom. The molecule has 146 valence electrons. The van der Waals surface area contributed by atoms with Crippen molar-refractivity contribution in [1.82, 2.24) is 0 Å². The minimum Gasteiger partial charge on any atom is -0.489 e. The van der Waals surface area contributed by atoms with Crippen molar-refractivity contribution in [2.75, 3.05) is 0 Å². The fourth-order valence-corrected chi connectivity index (χ4v) is 3.17. The van der Waals surface area contributed by atoms with Gasteiger partial charge < -0.3 is 4.74 Å². The molecule has 7 heteroatoms. The second kappa shape index (κ2) is 7.10. The third-order valence-corrected chi connectivity index (χ3v) is 5.18. The lowest BCUT2D eigenvalue weighted by Gasteiger charge is -2.40. The highest BCUT2D eigenvalue weighted by atomic mass is 32.5. The summed E-state index contributed by atoms with van der Waals surface area (Å²) in [5.41, 5.74) is 2.09. The van der Waals surface area contributed by atoms with Crippen LogP contribution in [0.1, 0.15) is 43.7 Å². The fourth-order valence-electron chi connectivity index (χ4n) is 2.52. The third-order valence-electron chi connectivity index (χ3n) is 4.02. The minimum atomic E-state index is -9.63. The first kappa shape index (κ1) is 20.6. The van der Waals surface area contributed by atoms with Crippen LogP contribution >= 0.6 is 10.2 Å². The summed E-state index contributed by atoms with van der Waals surface area (Å²) >= 11 is 0. The van der Waals surface area contributed by atoms with Crippen LogP contribution in [0.15, 0.2) is 53.4 Å². The van der Waals surface area contributed by atoms with Gasteiger partial charge in [-0.3, -0.25) is 0 Å². The quantitative estimate of drug-likeness (QED) is 0.309. The normalized spacial score (nSPS) is 14.5. The van der Waals surface area contributed by atoms with Gasteiger partial charge in [-0.05, 0) is 48.2 Å². The van der Waals surface area contributed by atoms with Crippen molar-refractivity contribution in [3.63, 3.8) is 0 Å². The Morgan fingerprint density at radius 3 is 1.85 bits per heavy atom. The molecule has 0 radical (unpaired) electrons. The number of benzene rings is 2. The van der Waals surface area contributed by atoms with Crippen molar-refractivity contribution in [2.24, 2.45) is 0 Å². The molecule has 0 heterocycles. The molecule has 1 nitrogen and oxygen atoms in total. The summed E-state index contributed by atoms with van der Waals surface area (Å²) in [6.45, 7) is 2.32. The summed E-state index contributed by atoms with van der Waals surface area (Å²) in [4.78, 5) is -1.91. The van der Waals surface area contributed by atoms with Crippen molar-refractivity contribution in [1.29, 1.82) is 0 Å². The molecule has 0 aliphatic carbocycles. The molecule has 2 rings (SSSR count). The Kier molecular flexibility index (Phi) is 5.61. The summed E-state index contributed by atoms with van der Waals surface area (Å²) in [5.74, 6) is 0.110. The molecule has 0 saturated carbocycles. The van der Waals surface area contributed by atoms with E-state index in [-0.39, 0.29) is 12.4 Å². The van der Waals surface area contributed by atoms with Gasteiger partial charge >= 0.3 is 10.2 Å². The van der Waals surface area contributed by atoms with Crippen LogP contribution in [0, 0.1) is 0 Å². The van der Waals surface area contributed by atoms with Gasteiger partial charge in [-0.2, -0.15) is 0 Å².